The minimum absolute atomic E-state index is 0.584. The molecule has 0 amide bonds. The summed E-state index contributed by atoms with van der Waals surface area (Å²) >= 11 is 0. The minimum atomic E-state index is 0.584. The third kappa shape index (κ3) is 2.93. The molecule has 0 heterocycles. The highest BCUT2D eigenvalue weighted by Crippen LogP contribution is 2.34. The monoisotopic (exact) mass is 271 g/mol. The van der Waals surface area contributed by atoms with E-state index in [0.717, 1.165) is 16.9 Å². The minimum Gasteiger partial charge on any atom is -0.457 e. The Hall–Kier alpha value is -3.05. The van der Waals surface area contributed by atoms with Gasteiger partial charge in [0.2, 0.25) is 0 Å². The fraction of sp³-hybridized carbons (Fsp3) is 0. The number of nitriles is 1. The van der Waals surface area contributed by atoms with E-state index in [0.29, 0.717) is 11.3 Å². The predicted molar refractivity (Wildman–Crippen MR) is 83.1 cm³/mol. The van der Waals surface area contributed by atoms with E-state index in [1.165, 1.54) is 0 Å². The first-order valence-electron chi connectivity index (χ1n) is 6.69. The first kappa shape index (κ1) is 13.0. The molecule has 0 saturated heterocycles. The van der Waals surface area contributed by atoms with Crippen LogP contribution in [0.5, 0.6) is 11.5 Å². The average molecular weight is 271 g/mol. The van der Waals surface area contributed by atoms with Crippen LogP contribution in [0.2, 0.25) is 0 Å². The van der Waals surface area contributed by atoms with Gasteiger partial charge in [-0.3, -0.25) is 0 Å². The van der Waals surface area contributed by atoms with Crippen molar-refractivity contribution in [2.75, 3.05) is 0 Å². The molecular weight excluding hydrogens is 258 g/mol. The molecule has 0 aliphatic carbocycles. The number of rotatable bonds is 3. The lowest BCUT2D eigenvalue weighted by Gasteiger charge is -2.12. The van der Waals surface area contributed by atoms with Gasteiger partial charge in [-0.2, -0.15) is 5.26 Å². The van der Waals surface area contributed by atoms with Crippen LogP contribution < -0.4 is 4.74 Å². The van der Waals surface area contributed by atoms with E-state index in [4.69, 9.17) is 10.00 Å². The third-order valence-electron chi connectivity index (χ3n) is 3.17. The van der Waals surface area contributed by atoms with Crippen molar-refractivity contribution in [2.45, 2.75) is 0 Å². The topological polar surface area (TPSA) is 33.0 Å². The molecule has 0 fully saturated rings. The average Bonchev–Trinajstić information content (AvgIpc) is 2.56. The largest absolute Gasteiger partial charge is 0.457 e. The van der Waals surface area contributed by atoms with Gasteiger partial charge in [-0.05, 0) is 35.9 Å². The molecule has 0 aliphatic rings. The van der Waals surface area contributed by atoms with Crippen molar-refractivity contribution in [3.8, 4) is 28.7 Å². The number of nitrogens with zero attached hydrogens (tertiary/aromatic N) is 1. The third-order valence-corrected chi connectivity index (χ3v) is 3.17. The van der Waals surface area contributed by atoms with Gasteiger partial charge in [0.05, 0.1) is 11.6 Å². The molecule has 0 aliphatic heterocycles. The second kappa shape index (κ2) is 5.94. The van der Waals surface area contributed by atoms with Crippen LogP contribution in [0.1, 0.15) is 5.56 Å². The van der Waals surface area contributed by atoms with Crippen LogP contribution in [0, 0.1) is 11.3 Å². The van der Waals surface area contributed by atoms with Crippen LogP contribution in [-0.4, -0.2) is 0 Å². The summed E-state index contributed by atoms with van der Waals surface area (Å²) in [7, 11) is 0. The molecule has 0 atom stereocenters. The second-order valence-corrected chi connectivity index (χ2v) is 4.60. The van der Waals surface area contributed by atoms with Gasteiger partial charge >= 0.3 is 0 Å². The molecule has 21 heavy (non-hydrogen) atoms. The lowest BCUT2D eigenvalue weighted by molar-refractivity contribution is 0.484. The molecule has 2 heteroatoms. The van der Waals surface area contributed by atoms with Gasteiger partial charge in [-0.1, -0.05) is 48.5 Å². The Labute approximate surface area is 123 Å². The van der Waals surface area contributed by atoms with Crippen molar-refractivity contribution in [1.29, 1.82) is 5.26 Å². The molecule has 0 N–H and O–H groups in total. The Morgan fingerprint density at radius 1 is 0.762 bits per heavy atom. The number of benzene rings is 3. The molecule has 3 rings (SSSR count). The highest BCUT2D eigenvalue weighted by molar-refractivity contribution is 5.72. The van der Waals surface area contributed by atoms with Gasteiger partial charge < -0.3 is 4.74 Å². The van der Waals surface area contributed by atoms with Gasteiger partial charge in [-0.15, -0.1) is 0 Å². The predicted octanol–water partition coefficient (Wildman–Crippen LogP) is 5.02. The SMILES string of the molecule is N#Cc1ccc(-c2ccccc2)c(Oc2ccccc2)c1. The highest BCUT2D eigenvalue weighted by Gasteiger charge is 2.08. The summed E-state index contributed by atoms with van der Waals surface area (Å²) < 4.78 is 5.96. The molecule has 3 aromatic rings. The first-order valence-corrected chi connectivity index (χ1v) is 6.69. The van der Waals surface area contributed by atoms with Gasteiger partial charge in [0.15, 0.2) is 0 Å². The summed E-state index contributed by atoms with van der Waals surface area (Å²) in [6.07, 6.45) is 0. The zero-order valence-electron chi connectivity index (χ0n) is 11.4. The van der Waals surface area contributed by atoms with E-state index in [1.807, 2.05) is 66.7 Å². The van der Waals surface area contributed by atoms with E-state index in [1.54, 1.807) is 12.1 Å². The van der Waals surface area contributed by atoms with Crippen molar-refractivity contribution in [1.82, 2.24) is 0 Å². The van der Waals surface area contributed by atoms with Crippen LogP contribution in [0.4, 0.5) is 0 Å². The van der Waals surface area contributed by atoms with Crippen LogP contribution >= 0.6 is 0 Å². The summed E-state index contributed by atoms with van der Waals surface area (Å²) in [5, 5.41) is 9.08. The van der Waals surface area contributed by atoms with E-state index in [9.17, 15) is 0 Å². The van der Waals surface area contributed by atoms with Gasteiger partial charge in [-0.25, -0.2) is 0 Å². The molecule has 0 unspecified atom stereocenters. The Morgan fingerprint density at radius 2 is 1.43 bits per heavy atom. The summed E-state index contributed by atoms with van der Waals surface area (Å²) in [5.74, 6) is 1.44. The summed E-state index contributed by atoms with van der Waals surface area (Å²) in [5.41, 5.74) is 2.62. The maximum absolute atomic E-state index is 9.08. The van der Waals surface area contributed by atoms with Crippen molar-refractivity contribution < 1.29 is 4.74 Å². The zero-order chi connectivity index (χ0) is 14.5. The number of hydrogen-bond acceptors (Lipinski definition) is 2. The first-order chi connectivity index (χ1) is 10.4. The van der Waals surface area contributed by atoms with Gasteiger partial charge in [0.1, 0.15) is 11.5 Å². The maximum atomic E-state index is 9.08. The van der Waals surface area contributed by atoms with Gasteiger partial charge in [0, 0.05) is 5.56 Å². The molecule has 100 valence electrons. The fourth-order valence-electron chi connectivity index (χ4n) is 2.15. The summed E-state index contributed by atoms with van der Waals surface area (Å²) in [6.45, 7) is 0. The van der Waals surface area contributed by atoms with E-state index in [2.05, 4.69) is 6.07 Å². The summed E-state index contributed by atoms with van der Waals surface area (Å²) in [6, 6.07) is 27.2. The molecule has 3 aromatic carbocycles. The second-order valence-electron chi connectivity index (χ2n) is 4.60. The van der Waals surface area contributed by atoms with Crippen molar-refractivity contribution in [3.63, 3.8) is 0 Å². The Morgan fingerprint density at radius 3 is 2.10 bits per heavy atom. The van der Waals surface area contributed by atoms with Crippen molar-refractivity contribution in [3.05, 3.63) is 84.4 Å². The van der Waals surface area contributed by atoms with E-state index in [-0.39, 0.29) is 0 Å². The van der Waals surface area contributed by atoms with Crippen molar-refractivity contribution >= 4 is 0 Å². The molecule has 0 bridgehead atoms. The molecule has 0 aromatic heterocycles. The molecule has 2 nitrogen and oxygen atoms in total. The van der Waals surface area contributed by atoms with Crippen LogP contribution in [0.25, 0.3) is 11.1 Å². The van der Waals surface area contributed by atoms with Gasteiger partial charge in [0.25, 0.3) is 0 Å². The van der Waals surface area contributed by atoms with E-state index >= 15 is 0 Å². The Bertz CT molecular complexity index is 774. The van der Waals surface area contributed by atoms with Crippen molar-refractivity contribution in [2.24, 2.45) is 0 Å². The Kier molecular flexibility index (Phi) is 3.66. The highest BCUT2D eigenvalue weighted by atomic mass is 16.5. The zero-order valence-corrected chi connectivity index (χ0v) is 11.4. The summed E-state index contributed by atoms with van der Waals surface area (Å²) in [4.78, 5) is 0. The molecular formula is C19H13NO. The standard InChI is InChI=1S/C19H13NO/c20-14-15-11-12-18(16-7-3-1-4-8-16)19(13-15)21-17-9-5-2-6-10-17/h1-13H. The number of para-hydroxylation sites is 1. The fourth-order valence-corrected chi connectivity index (χ4v) is 2.15. The van der Waals surface area contributed by atoms with Crippen LogP contribution in [0.3, 0.4) is 0 Å². The number of ether oxygens (including phenoxy) is 1. The smallest absolute Gasteiger partial charge is 0.136 e. The maximum Gasteiger partial charge on any atom is 0.136 e. The van der Waals surface area contributed by atoms with E-state index < -0.39 is 0 Å². The number of hydrogen-bond donors (Lipinski definition) is 0. The molecule has 0 radical (unpaired) electrons. The normalized spacial score (nSPS) is 9.86. The molecule has 0 saturated carbocycles. The van der Waals surface area contributed by atoms with Crippen LogP contribution in [-0.2, 0) is 0 Å². The Balaban J connectivity index is 2.06. The lowest BCUT2D eigenvalue weighted by atomic mass is 10.0. The molecule has 0 spiro atoms. The quantitative estimate of drug-likeness (QED) is 0.670. The lowest BCUT2D eigenvalue weighted by Crippen LogP contribution is -1.89. The van der Waals surface area contributed by atoms with Crippen LogP contribution in [0.15, 0.2) is 78.9 Å².